The van der Waals surface area contributed by atoms with Crippen molar-refractivity contribution in [2.45, 2.75) is 0 Å². The predicted molar refractivity (Wildman–Crippen MR) is 75.1 cm³/mol. The Hall–Kier alpha value is -2.49. The normalized spacial score (nSPS) is 11.2. The summed E-state index contributed by atoms with van der Waals surface area (Å²) < 4.78 is 13.5. The van der Waals surface area contributed by atoms with E-state index in [1.807, 2.05) is 24.3 Å². The molecule has 0 aliphatic heterocycles. The van der Waals surface area contributed by atoms with Crippen LogP contribution >= 0.6 is 0 Å². The zero-order valence-corrected chi connectivity index (χ0v) is 10.5. The molecule has 0 aliphatic rings. The van der Waals surface area contributed by atoms with Crippen LogP contribution in [0.1, 0.15) is 11.1 Å². The summed E-state index contributed by atoms with van der Waals surface area (Å²) in [5.41, 5.74) is 1.28. The van der Waals surface area contributed by atoms with E-state index in [0.717, 1.165) is 0 Å². The number of aliphatic imine (C=N–C) groups is 1. The lowest BCUT2D eigenvalue weighted by Gasteiger charge is -2.11. The third-order valence-electron chi connectivity index (χ3n) is 2.59. The number of halogens is 1. The van der Waals surface area contributed by atoms with Crippen molar-refractivity contribution in [1.29, 1.82) is 5.41 Å². The zero-order chi connectivity index (χ0) is 13.7. The quantitative estimate of drug-likeness (QED) is 0.499. The number of amidine groups is 2. The van der Waals surface area contributed by atoms with E-state index in [0.29, 0.717) is 16.2 Å². The highest BCUT2D eigenvalue weighted by Crippen LogP contribution is 2.08. The molecule has 0 atom stereocenters. The van der Waals surface area contributed by atoms with E-state index in [1.165, 1.54) is 7.05 Å². The lowest BCUT2D eigenvalue weighted by atomic mass is 10.2. The molecule has 0 amide bonds. The number of nitrogens with zero attached hydrogens (tertiary/aromatic N) is 2. The van der Waals surface area contributed by atoms with Gasteiger partial charge in [0, 0.05) is 18.2 Å². The van der Waals surface area contributed by atoms with Crippen LogP contribution in [0.25, 0.3) is 0 Å². The van der Waals surface area contributed by atoms with Gasteiger partial charge >= 0.3 is 0 Å². The summed E-state index contributed by atoms with van der Waals surface area (Å²) in [6, 6.07) is 18.0. The van der Waals surface area contributed by atoms with Gasteiger partial charge in [-0.25, -0.2) is 4.99 Å². The van der Waals surface area contributed by atoms with Gasteiger partial charge in [0.15, 0.2) is 11.7 Å². The van der Waals surface area contributed by atoms with Crippen LogP contribution in [0.15, 0.2) is 65.7 Å². The molecule has 2 aromatic carbocycles. The number of nitrogens with one attached hydrogen (secondary N) is 1. The maximum Gasteiger partial charge on any atom is 0.166 e. The van der Waals surface area contributed by atoms with Crippen LogP contribution in [0, 0.1) is 5.41 Å². The summed E-state index contributed by atoms with van der Waals surface area (Å²) in [6.45, 7) is 0. The molecule has 0 aliphatic carbocycles. The molecule has 1 N–H and O–H groups in total. The molecule has 2 aromatic rings. The van der Waals surface area contributed by atoms with Crippen molar-refractivity contribution in [3.8, 4) is 0 Å². The molecule has 4 heteroatoms. The van der Waals surface area contributed by atoms with Gasteiger partial charge in [-0.3, -0.25) is 5.41 Å². The zero-order valence-electron chi connectivity index (χ0n) is 10.5. The van der Waals surface area contributed by atoms with Gasteiger partial charge in [-0.2, -0.15) is 5.12 Å². The first-order valence-electron chi connectivity index (χ1n) is 5.86. The molecular weight excluding hydrogens is 241 g/mol. The minimum Gasteiger partial charge on any atom is -0.282 e. The molecule has 0 spiro atoms. The fraction of sp³-hybridized carbons (Fsp3) is 0.0667. The first-order valence-corrected chi connectivity index (χ1v) is 5.86. The maximum atomic E-state index is 13.5. The Kier molecular flexibility index (Phi) is 4.03. The van der Waals surface area contributed by atoms with Crippen molar-refractivity contribution in [3.63, 3.8) is 0 Å². The second-order valence-electron chi connectivity index (χ2n) is 3.99. The van der Waals surface area contributed by atoms with E-state index in [9.17, 15) is 4.48 Å². The van der Waals surface area contributed by atoms with Gasteiger partial charge < -0.3 is 0 Å². The van der Waals surface area contributed by atoms with Crippen LogP contribution < -0.4 is 0 Å². The molecule has 0 radical (unpaired) electrons. The molecule has 96 valence electrons. The average Bonchev–Trinajstić information content (AvgIpc) is 2.46. The minimum absolute atomic E-state index is 0.0314. The molecule has 0 saturated carbocycles. The van der Waals surface area contributed by atoms with E-state index in [2.05, 4.69) is 4.99 Å². The Morgan fingerprint density at radius 3 is 1.89 bits per heavy atom. The smallest absolute Gasteiger partial charge is 0.166 e. The highest BCUT2D eigenvalue weighted by molar-refractivity contribution is 6.09. The van der Waals surface area contributed by atoms with Gasteiger partial charge in [-0.1, -0.05) is 65.1 Å². The molecule has 0 unspecified atom stereocenters. The number of hydrogen-bond acceptors (Lipinski definition) is 1. The minimum atomic E-state index is 0.0314. The van der Waals surface area contributed by atoms with E-state index in [-0.39, 0.29) is 11.7 Å². The van der Waals surface area contributed by atoms with Gasteiger partial charge in [-0.05, 0) is 0 Å². The van der Waals surface area contributed by atoms with Crippen LogP contribution in [0.3, 0.4) is 0 Å². The number of benzene rings is 2. The standard InChI is InChI=1S/C15H14FN3/c1-19(16)15(13-10-6-3-7-11-13)18-14(17)12-8-4-2-5-9-12/h2-11,17H,1H3. The van der Waals surface area contributed by atoms with Crippen LogP contribution in [0.5, 0.6) is 0 Å². The van der Waals surface area contributed by atoms with Crippen LogP contribution in [0.2, 0.25) is 0 Å². The summed E-state index contributed by atoms with van der Waals surface area (Å²) in [7, 11) is 1.27. The topological polar surface area (TPSA) is 39.5 Å². The van der Waals surface area contributed by atoms with Gasteiger partial charge in [0.05, 0.1) is 0 Å². The fourth-order valence-electron chi connectivity index (χ4n) is 1.67. The maximum absolute atomic E-state index is 13.5. The van der Waals surface area contributed by atoms with Crippen molar-refractivity contribution in [3.05, 3.63) is 71.8 Å². The van der Waals surface area contributed by atoms with Crippen LogP contribution in [-0.4, -0.2) is 23.8 Å². The highest BCUT2D eigenvalue weighted by atomic mass is 19.2. The summed E-state index contributed by atoms with van der Waals surface area (Å²) in [6.07, 6.45) is 0. The Bertz CT molecular complexity index is 577. The molecular formula is C15H14FN3. The largest absolute Gasteiger partial charge is 0.282 e. The summed E-state index contributed by atoms with van der Waals surface area (Å²) in [5, 5.41) is 8.35. The Labute approximate surface area is 111 Å². The molecule has 0 heterocycles. The molecule has 0 aromatic heterocycles. The third-order valence-corrected chi connectivity index (χ3v) is 2.59. The first kappa shape index (κ1) is 13.0. The first-order chi connectivity index (χ1) is 9.18. The summed E-state index contributed by atoms with van der Waals surface area (Å²) >= 11 is 0. The number of hydrogen-bond donors (Lipinski definition) is 1. The number of rotatable bonds is 2. The van der Waals surface area contributed by atoms with Gasteiger partial charge in [0.1, 0.15) is 0 Å². The fourth-order valence-corrected chi connectivity index (χ4v) is 1.67. The molecule has 19 heavy (non-hydrogen) atoms. The molecule has 3 nitrogen and oxygen atoms in total. The van der Waals surface area contributed by atoms with Crippen molar-refractivity contribution in [2.24, 2.45) is 4.99 Å². The van der Waals surface area contributed by atoms with E-state index < -0.39 is 0 Å². The van der Waals surface area contributed by atoms with Gasteiger partial charge in [0.25, 0.3) is 0 Å². The Balaban J connectivity index is 2.35. The summed E-state index contributed by atoms with van der Waals surface area (Å²) in [5.74, 6) is 0.151. The lowest BCUT2D eigenvalue weighted by Crippen LogP contribution is -2.20. The van der Waals surface area contributed by atoms with Gasteiger partial charge in [-0.15, -0.1) is 0 Å². The second kappa shape index (κ2) is 5.91. The Morgan fingerprint density at radius 2 is 1.42 bits per heavy atom. The SMILES string of the molecule is CN(F)C(=NC(=N)c1ccccc1)c1ccccc1. The molecule has 0 saturated heterocycles. The van der Waals surface area contributed by atoms with Crippen LogP contribution in [0.4, 0.5) is 4.48 Å². The summed E-state index contributed by atoms with van der Waals surface area (Å²) in [4.78, 5) is 4.07. The van der Waals surface area contributed by atoms with Crippen molar-refractivity contribution >= 4 is 11.7 Å². The Morgan fingerprint density at radius 1 is 0.947 bits per heavy atom. The average molecular weight is 255 g/mol. The molecule has 0 fully saturated rings. The van der Waals surface area contributed by atoms with Crippen molar-refractivity contribution < 1.29 is 4.48 Å². The highest BCUT2D eigenvalue weighted by Gasteiger charge is 2.10. The monoisotopic (exact) mass is 255 g/mol. The lowest BCUT2D eigenvalue weighted by molar-refractivity contribution is 0.162. The van der Waals surface area contributed by atoms with Gasteiger partial charge in [0.2, 0.25) is 0 Å². The van der Waals surface area contributed by atoms with E-state index >= 15 is 0 Å². The van der Waals surface area contributed by atoms with Crippen molar-refractivity contribution in [2.75, 3.05) is 7.05 Å². The molecule has 0 bridgehead atoms. The van der Waals surface area contributed by atoms with E-state index in [4.69, 9.17) is 5.41 Å². The second-order valence-corrected chi connectivity index (χ2v) is 3.99. The predicted octanol–water partition coefficient (Wildman–Crippen LogP) is 3.28. The third kappa shape index (κ3) is 3.25. The van der Waals surface area contributed by atoms with Crippen molar-refractivity contribution in [1.82, 2.24) is 5.12 Å². The van der Waals surface area contributed by atoms with Crippen LogP contribution in [-0.2, 0) is 0 Å². The molecule has 2 rings (SSSR count). The van der Waals surface area contributed by atoms with E-state index in [1.54, 1.807) is 36.4 Å².